The lowest BCUT2D eigenvalue weighted by molar-refractivity contribution is -0.162. The number of hydrogen-bond donors (Lipinski definition) is 2. The number of ether oxygens (including phenoxy) is 3. The minimum Gasteiger partial charge on any atom is -0.455 e. The van der Waals surface area contributed by atoms with E-state index in [9.17, 15) is 19.5 Å². The maximum atomic E-state index is 15.1. The first-order chi connectivity index (χ1) is 24.1. The first-order valence-corrected chi connectivity index (χ1v) is 17.5. The molecule has 0 radical (unpaired) electrons. The highest BCUT2D eigenvalue weighted by atomic mass is 35.5. The summed E-state index contributed by atoms with van der Waals surface area (Å²) in [4.78, 5) is 60.5. The fraction of sp³-hybridized carbons (Fsp3) is 0.474. The number of aliphatic hydroxyl groups excluding tert-OH is 1. The van der Waals surface area contributed by atoms with Crippen molar-refractivity contribution in [3.8, 4) is 0 Å². The van der Waals surface area contributed by atoms with E-state index in [4.69, 9.17) is 25.8 Å². The number of nitrogens with one attached hydrogen (secondary N) is 1. The highest BCUT2D eigenvalue weighted by molar-refractivity contribution is 6.34. The highest BCUT2D eigenvalue weighted by Crippen LogP contribution is 2.56. The van der Waals surface area contributed by atoms with E-state index in [-0.39, 0.29) is 38.0 Å². The number of hydrogen-bond acceptors (Lipinski definition) is 8. The van der Waals surface area contributed by atoms with Gasteiger partial charge in [0.05, 0.1) is 48.0 Å². The molecule has 2 fully saturated rings. The molecule has 6 rings (SSSR count). The third-order valence-corrected chi connectivity index (χ3v) is 10.3. The predicted molar refractivity (Wildman–Crippen MR) is 186 cm³/mol. The van der Waals surface area contributed by atoms with Crippen LogP contribution in [0.3, 0.4) is 0 Å². The summed E-state index contributed by atoms with van der Waals surface area (Å²) < 4.78 is 18.4. The molecule has 4 heterocycles. The van der Waals surface area contributed by atoms with Crippen molar-refractivity contribution in [2.75, 3.05) is 31.8 Å². The monoisotopic (exact) mass is 705 g/mol. The summed E-state index contributed by atoms with van der Waals surface area (Å²) in [5.41, 5.74) is -0.445. The Morgan fingerprint density at radius 1 is 1.04 bits per heavy atom. The Morgan fingerprint density at radius 2 is 1.78 bits per heavy atom. The van der Waals surface area contributed by atoms with Crippen LogP contribution in [-0.2, 0) is 33.4 Å². The Kier molecular flexibility index (Phi) is 10.8. The lowest BCUT2D eigenvalue weighted by Crippen LogP contribution is -2.59. The Hall–Kier alpha value is -4.03. The first-order valence-electron chi connectivity index (χ1n) is 17.2. The molecule has 5 bridgehead atoms. The van der Waals surface area contributed by atoms with Gasteiger partial charge in [-0.25, -0.2) is 0 Å². The molecule has 0 aliphatic carbocycles. The van der Waals surface area contributed by atoms with Crippen LogP contribution in [0.25, 0.3) is 0 Å². The van der Waals surface area contributed by atoms with Gasteiger partial charge in [-0.1, -0.05) is 92.2 Å². The van der Waals surface area contributed by atoms with Crippen LogP contribution in [0.2, 0.25) is 5.02 Å². The molecule has 4 aliphatic heterocycles. The van der Waals surface area contributed by atoms with Crippen molar-refractivity contribution in [1.29, 1.82) is 0 Å². The summed E-state index contributed by atoms with van der Waals surface area (Å²) in [6.45, 7) is 3.70. The second kappa shape index (κ2) is 15.1. The SMILES string of the molecule is COC[C@H]1NC(=O)CC/C=C\CN(c2ccccc2Cl)C(=O)[C@@H]2N([C@@H](CO)CC(C)C)C(=O)[C@H]3[C@H](C(=O)O[C@@H]1c1ccccc1)[C@@H]1C=C[C@]23O1. The van der Waals surface area contributed by atoms with E-state index in [1.807, 2.05) is 38.1 Å². The molecule has 4 aliphatic rings. The zero-order valence-corrected chi connectivity index (χ0v) is 29.2. The summed E-state index contributed by atoms with van der Waals surface area (Å²) in [6, 6.07) is 13.3. The van der Waals surface area contributed by atoms with Crippen molar-refractivity contribution < 1.29 is 38.5 Å². The standard InChI is InChI=1S/C38H44ClN3O8/c1-23(2)20-25(21-43)42-34-36(46)41(28-15-10-9-14-26(28)39)19-11-5-8-16-30(44)40-27(22-48-3)33(24-12-6-4-7-13-24)49-37(47)31-29-17-18-38(34,50-29)32(31)35(42)45/h4-7,9-15,17-18,23,25,27,29,31-34,43H,8,16,19-22H2,1-3H3,(H,40,44)/b11-5-/t25-,27-,29+,31-,32-,33-,34+,38-/m1/s1. The molecule has 12 heteroatoms. The lowest BCUT2D eigenvalue weighted by Gasteiger charge is -2.39. The summed E-state index contributed by atoms with van der Waals surface area (Å²) in [5.74, 6) is -4.03. The molecule has 0 unspecified atom stereocenters. The number of aliphatic hydroxyl groups is 1. The van der Waals surface area contributed by atoms with Gasteiger partial charge in [-0.15, -0.1) is 0 Å². The zero-order valence-electron chi connectivity index (χ0n) is 28.4. The van der Waals surface area contributed by atoms with Crippen LogP contribution in [-0.4, -0.2) is 90.4 Å². The number of nitrogens with zero attached hydrogens (tertiary/aromatic N) is 2. The fourth-order valence-electron chi connectivity index (χ4n) is 7.90. The lowest BCUT2D eigenvalue weighted by atomic mass is 9.74. The number of rotatable bonds is 8. The van der Waals surface area contributed by atoms with E-state index >= 15 is 4.79 Å². The van der Waals surface area contributed by atoms with Crippen LogP contribution in [0, 0.1) is 17.8 Å². The van der Waals surface area contributed by atoms with Crippen LogP contribution >= 0.6 is 11.6 Å². The minimum atomic E-state index is -1.51. The number of benzene rings is 2. The number of cyclic esters (lactones) is 1. The Bertz CT molecular complexity index is 1650. The number of anilines is 1. The number of esters is 1. The third-order valence-electron chi connectivity index (χ3n) is 10.00. The fourth-order valence-corrected chi connectivity index (χ4v) is 8.14. The quantitative estimate of drug-likeness (QED) is 0.311. The van der Waals surface area contributed by atoms with Crippen LogP contribution in [0.15, 0.2) is 78.9 Å². The number of para-hydroxylation sites is 1. The molecule has 266 valence electrons. The summed E-state index contributed by atoms with van der Waals surface area (Å²) in [6.07, 6.45) is 6.17. The maximum Gasteiger partial charge on any atom is 0.313 e. The molecule has 11 nitrogen and oxygen atoms in total. The molecule has 50 heavy (non-hydrogen) atoms. The molecule has 0 aromatic heterocycles. The smallest absolute Gasteiger partial charge is 0.313 e. The van der Waals surface area contributed by atoms with Gasteiger partial charge in [-0.3, -0.25) is 19.2 Å². The number of allylic oxidation sites excluding steroid dienone is 1. The number of carbonyl (C=O) groups excluding carboxylic acids is 4. The van der Waals surface area contributed by atoms with E-state index in [0.717, 1.165) is 0 Å². The second-order valence-corrected chi connectivity index (χ2v) is 14.1. The number of methoxy groups -OCH3 is 1. The van der Waals surface area contributed by atoms with E-state index in [1.165, 1.54) is 16.9 Å². The predicted octanol–water partition coefficient (Wildman–Crippen LogP) is 4.00. The normalized spacial score (nSPS) is 31.2. The summed E-state index contributed by atoms with van der Waals surface area (Å²) >= 11 is 6.67. The van der Waals surface area contributed by atoms with Crippen molar-refractivity contribution in [2.24, 2.45) is 17.8 Å². The molecule has 1 spiro atoms. The van der Waals surface area contributed by atoms with Crippen molar-refractivity contribution in [3.63, 3.8) is 0 Å². The summed E-state index contributed by atoms with van der Waals surface area (Å²) in [5, 5.41) is 14.0. The number of amides is 3. The van der Waals surface area contributed by atoms with Crippen molar-refractivity contribution in [1.82, 2.24) is 10.2 Å². The van der Waals surface area contributed by atoms with Crippen LogP contribution < -0.4 is 10.2 Å². The van der Waals surface area contributed by atoms with Crippen LogP contribution in [0.5, 0.6) is 0 Å². The topological polar surface area (TPSA) is 135 Å². The molecular formula is C38H44ClN3O8. The molecule has 0 saturated carbocycles. The maximum absolute atomic E-state index is 15.1. The van der Waals surface area contributed by atoms with E-state index in [2.05, 4.69) is 5.32 Å². The largest absolute Gasteiger partial charge is 0.455 e. The average molecular weight is 706 g/mol. The molecule has 2 saturated heterocycles. The number of likely N-dealkylation sites (tertiary alicyclic amines) is 1. The summed E-state index contributed by atoms with van der Waals surface area (Å²) in [7, 11) is 1.50. The minimum absolute atomic E-state index is 0.0513. The Morgan fingerprint density at radius 3 is 2.48 bits per heavy atom. The van der Waals surface area contributed by atoms with Crippen LogP contribution in [0.4, 0.5) is 5.69 Å². The van der Waals surface area contributed by atoms with E-state index in [1.54, 1.807) is 54.6 Å². The number of carbonyl (C=O) groups is 4. The van der Waals surface area contributed by atoms with Crippen molar-refractivity contribution in [3.05, 3.63) is 89.5 Å². The Labute approximate surface area is 297 Å². The van der Waals surface area contributed by atoms with Crippen molar-refractivity contribution in [2.45, 2.75) is 69.0 Å². The van der Waals surface area contributed by atoms with Gasteiger partial charge in [0.1, 0.15) is 23.7 Å². The number of fused-ring (bicyclic) bond motifs is 2. The van der Waals surface area contributed by atoms with Gasteiger partial charge in [0.25, 0.3) is 5.91 Å². The van der Waals surface area contributed by atoms with Gasteiger partial charge >= 0.3 is 5.97 Å². The van der Waals surface area contributed by atoms with Gasteiger partial charge in [0, 0.05) is 20.1 Å². The van der Waals surface area contributed by atoms with E-state index < -0.39 is 65.6 Å². The molecule has 2 N–H and O–H groups in total. The highest BCUT2D eigenvalue weighted by Gasteiger charge is 2.74. The average Bonchev–Trinajstić information content (AvgIpc) is 3.75. The molecule has 2 aromatic rings. The van der Waals surface area contributed by atoms with Gasteiger partial charge in [0.15, 0.2) is 0 Å². The molecule has 8 atom stereocenters. The van der Waals surface area contributed by atoms with Gasteiger partial charge < -0.3 is 34.4 Å². The molecular weight excluding hydrogens is 662 g/mol. The first kappa shape index (κ1) is 35.8. The second-order valence-electron chi connectivity index (χ2n) is 13.7. The molecule has 2 aromatic carbocycles. The third kappa shape index (κ3) is 6.59. The molecule has 3 amide bonds. The number of halogens is 1. The van der Waals surface area contributed by atoms with Crippen LogP contribution in [0.1, 0.15) is 44.8 Å². The van der Waals surface area contributed by atoms with Gasteiger partial charge in [-0.05, 0) is 36.5 Å². The van der Waals surface area contributed by atoms with Gasteiger partial charge in [-0.2, -0.15) is 0 Å². The van der Waals surface area contributed by atoms with Gasteiger partial charge in [0.2, 0.25) is 11.8 Å². The Balaban J connectivity index is 1.49. The van der Waals surface area contributed by atoms with E-state index in [0.29, 0.717) is 29.1 Å². The zero-order chi connectivity index (χ0) is 35.6. The van der Waals surface area contributed by atoms with Crippen molar-refractivity contribution >= 4 is 41.0 Å².